The van der Waals surface area contributed by atoms with E-state index in [0.717, 1.165) is 12.8 Å². The summed E-state index contributed by atoms with van der Waals surface area (Å²) in [5.41, 5.74) is 0.852. The van der Waals surface area contributed by atoms with E-state index in [4.69, 9.17) is 12.2 Å². The first-order chi connectivity index (χ1) is 11.0. The molecule has 3 N–H and O–H groups in total. The molecule has 0 saturated heterocycles. The number of amides is 1. The Bertz CT molecular complexity index is 794. The van der Waals surface area contributed by atoms with Gasteiger partial charge in [-0.2, -0.15) is 0 Å². The van der Waals surface area contributed by atoms with Crippen LogP contribution in [0.2, 0.25) is 0 Å². The summed E-state index contributed by atoms with van der Waals surface area (Å²) in [5, 5.41) is 3.48. The number of fused-ring (bicyclic) bond motifs is 1. The number of nitrogens with one attached hydrogen (secondary N) is 3. The normalized spacial score (nSPS) is 12.3. The van der Waals surface area contributed by atoms with Crippen LogP contribution in [0.5, 0.6) is 0 Å². The molecule has 1 amide bonds. The van der Waals surface area contributed by atoms with E-state index in [2.05, 4.69) is 29.1 Å². The van der Waals surface area contributed by atoms with Crippen molar-refractivity contribution in [3.05, 3.63) is 38.9 Å². The van der Waals surface area contributed by atoms with E-state index in [1.54, 1.807) is 18.2 Å². The number of aromatic amines is 2. The zero-order chi connectivity index (χ0) is 16.8. The molecule has 1 unspecified atom stereocenters. The van der Waals surface area contributed by atoms with Crippen LogP contribution in [0.1, 0.15) is 49.9 Å². The average Bonchev–Trinajstić information content (AvgIpc) is 2.54. The van der Waals surface area contributed by atoms with Gasteiger partial charge < -0.3 is 10.3 Å². The van der Waals surface area contributed by atoms with Crippen LogP contribution in [-0.2, 0) is 0 Å². The van der Waals surface area contributed by atoms with Gasteiger partial charge in [-0.3, -0.25) is 14.6 Å². The summed E-state index contributed by atoms with van der Waals surface area (Å²) >= 11 is 4.97. The number of aromatic nitrogens is 2. The quantitative estimate of drug-likeness (QED) is 0.678. The van der Waals surface area contributed by atoms with Crippen LogP contribution in [-0.4, -0.2) is 22.4 Å². The van der Waals surface area contributed by atoms with E-state index in [1.807, 2.05) is 0 Å². The Morgan fingerprint density at radius 3 is 2.78 bits per heavy atom. The molecule has 0 aliphatic rings. The molecule has 0 radical (unpaired) electrons. The van der Waals surface area contributed by atoms with Crippen molar-refractivity contribution >= 4 is 29.0 Å². The molecule has 1 heterocycles. The third-order valence-corrected chi connectivity index (χ3v) is 4.30. The van der Waals surface area contributed by atoms with E-state index < -0.39 is 0 Å². The second-order valence-electron chi connectivity index (χ2n) is 5.80. The lowest BCUT2D eigenvalue weighted by atomic mass is 9.99. The van der Waals surface area contributed by atoms with Crippen LogP contribution >= 0.6 is 12.2 Å². The minimum atomic E-state index is -0.249. The van der Waals surface area contributed by atoms with Gasteiger partial charge >= 0.3 is 0 Å². The summed E-state index contributed by atoms with van der Waals surface area (Å²) in [7, 11) is 0. The lowest BCUT2D eigenvalue weighted by Crippen LogP contribution is -2.29. The standard InChI is InChI=1S/C17H23N3O2S/c1-3-5-6-11(4-2)10-18-15(21)12-7-8-13-14(9-12)19-17(23)20-16(13)22/h7-9,11H,3-6,10H2,1-2H3,(H,18,21)(H2,19,20,22,23). The molecule has 0 aliphatic carbocycles. The van der Waals surface area contributed by atoms with Crippen LogP contribution in [0.25, 0.3) is 10.9 Å². The van der Waals surface area contributed by atoms with Gasteiger partial charge in [-0.25, -0.2) is 0 Å². The highest BCUT2D eigenvalue weighted by atomic mass is 32.1. The Morgan fingerprint density at radius 2 is 2.09 bits per heavy atom. The van der Waals surface area contributed by atoms with E-state index in [1.165, 1.54) is 12.8 Å². The van der Waals surface area contributed by atoms with Gasteiger partial charge in [-0.1, -0.05) is 33.1 Å². The van der Waals surface area contributed by atoms with E-state index >= 15 is 0 Å². The van der Waals surface area contributed by atoms with Crippen LogP contribution in [0.15, 0.2) is 23.0 Å². The number of benzene rings is 1. The first-order valence-corrected chi connectivity index (χ1v) is 8.50. The van der Waals surface area contributed by atoms with Crippen molar-refractivity contribution in [3.8, 4) is 0 Å². The zero-order valence-electron chi connectivity index (χ0n) is 13.6. The molecule has 0 saturated carbocycles. The number of carbonyl (C=O) groups excluding carboxylic acids is 1. The number of H-pyrrole nitrogens is 2. The Hall–Kier alpha value is -1.95. The lowest BCUT2D eigenvalue weighted by Gasteiger charge is -2.15. The Balaban J connectivity index is 2.12. The van der Waals surface area contributed by atoms with Crippen molar-refractivity contribution in [1.29, 1.82) is 0 Å². The molecule has 1 aromatic carbocycles. The summed E-state index contributed by atoms with van der Waals surface area (Å²) in [4.78, 5) is 29.5. The third-order valence-electron chi connectivity index (χ3n) is 4.10. The van der Waals surface area contributed by atoms with Gasteiger partial charge in [0.25, 0.3) is 11.5 Å². The smallest absolute Gasteiger partial charge is 0.259 e. The van der Waals surface area contributed by atoms with E-state index in [0.29, 0.717) is 28.9 Å². The predicted molar refractivity (Wildman–Crippen MR) is 95.4 cm³/mol. The number of hydrogen-bond acceptors (Lipinski definition) is 3. The molecule has 0 fully saturated rings. The highest BCUT2D eigenvalue weighted by Crippen LogP contribution is 2.13. The highest BCUT2D eigenvalue weighted by Gasteiger charge is 2.11. The molecule has 1 aromatic heterocycles. The van der Waals surface area contributed by atoms with Gasteiger partial charge in [0.05, 0.1) is 10.9 Å². The highest BCUT2D eigenvalue weighted by molar-refractivity contribution is 7.71. The lowest BCUT2D eigenvalue weighted by molar-refractivity contribution is 0.0946. The largest absolute Gasteiger partial charge is 0.352 e. The fourth-order valence-corrected chi connectivity index (χ4v) is 2.80. The molecule has 0 spiro atoms. The Kier molecular flexibility index (Phi) is 6.10. The zero-order valence-corrected chi connectivity index (χ0v) is 14.4. The number of rotatable bonds is 7. The predicted octanol–water partition coefficient (Wildman–Crippen LogP) is 3.53. The van der Waals surface area contributed by atoms with Crippen molar-refractivity contribution < 1.29 is 4.79 Å². The summed E-state index contributed by atoms with van der Waals surface area (Å²) in [6, 6.07) is 4.97. The third kappa shape index (κ3) is 4.51. The Labute approximate surface area is 140 Å². The summed E-state index contributed by atoms with van der Waals surface area (Å²) in [5.74, 6) is 0.384. The molecular formula is C17H23N3O2S. The monoisotopic (exact) mass is 333 g/mol. The van der Waals surface area contributed by atoms with Crippen LogP contribution in [0, 0.1) is 10.7 Å². The maximum absolute atomic E-state index is 12.3. The molecule has 0 aliphatic heterocycles. The van der Waals surface area contributed by atoms with Gasteiger partial charge in [0.15, 0.2) is 4.77 Å². The van der Waals surface area contributed by atoms with Gasteiger partial charge in [-0.05, 0) is 42.8 Å². The second-order valence-corrected chi connectivity index (χ2v) is 6.20. The van der Waals surface area contributed by atoms with Gasteiger partial charge in [0, 0.05) is 12.1 Å². The number of unbranched alkanes of at least 4 members (excludes halogenated alkanes) is 1. The van der Waals surface area contributed by atoms with Gasteiger partial charge in [0.2, 0.25) is 0 Å². The minimum Gasteiger partial charge on any atom is -0.352 e. The molecular weight excluding hydrogens is 310 g/mol. The molecule has 124 valence electrons. The molecule has 2 rings (SSSR count). The van der Waals surface area contributed by atoms with Crippen molar-refractivity contribution in [2.45, 2.75) is 39.5 Å². The van der Waals surface area contributed by atoms with Gasteiger partial charge in [-0.15, -0.1) is 0 Å². The van der Waals surface area contributed by atoms with Crippen LogP contribution in [0.3, 0.4) is 0 Å². The summed E-state index contributed by atoms with van der Waals surface area (Å²) in [6.07, 6.45) is 4.54. The topological polar surface area (TPSA) is 77.8 Å². The minimum absolute atomic E-state index is 0.124. The Morgan fingerprint density at radius 1 is 1.30 bits per heavy atom. The molecule has 0 bridgehead atoms. The van der Waals surface area contributed by atoms with Crippen molar-refractivity contribution in [2.75, 3.05) is 6.54 Å². The maximum Gasteiger partial charge on any atom is 0.259 e. The van der Waals surface area contributed by atoms with E-state index in [9.17, 15) is 9.59 Å². The molecule has 1 atom stereocenters. The SMILES string of the molecule is CCCCC(CC)CNC(=O)c1ccc2c(=O)[nH]c(=S)[nH]c2c1. The first-order valence-electron chi connectivity index (χ1n) is 8.09. The van der Waals surface area contributed by atoms with Crippen molar-refractivity contribution in [1.82, 2.24) is 15.3 Å². The molecule has 2 aromatic rings. The van der Waals surface area contributed by atoms with Crippen LogP contribution < -0.4 is 10.9 Å². The van der Waals surface area contributed by atoms with Crippen molar-refractivity contribution in [3.63, 3.8) is 0 Å². The number of carbonyl (C=O) groups is 1. The molecule has 5 nitrogen and oxygen atoms in total. The summed E-state index contributed by atoms with van der Waals surface area (Å²) < 4.78 is 0.255. The fraction of sp³-hybridized carbons (Fsp3) is 0.471. The van der Waals surface area contributed by atoms with Gasteiger partial charge in [0.1, 0.15) is 0 Å². The molecule has 23 heavy (non-hydrogen) atoms. The van der Waals surface area contributed by atoms with Crippen molar-refractivity contribution in [2.24, 2.45) is 5.92 Å². The maximum atomic E-state index is 12.3. The van der Waals surface area contributed by atoms with E-state index in [-0.39, 0.29) is 16.2 Å². The summed E-state index contributed by atoms with van der Waals surface area (Å²) in [6.45, 7) is 5.00. The average molecular weight is 333 g/mol. The fourth-order valence-electron chi connectivity index (χ4n) is 2.59. The molecule has 6 heteroatoms. The first kappa shape index (κ1) is 17.4. The number of hydrogen-bond donors (Lipinski definition) is 3. The van der Waals surface area contributed by atoms with Crippen LogP contribution in [0.4, 0.5) is 0 Å². The second kappa shape index (κ2) is 8.06.